The molecule has 2 aliphatic carbocycles. The molecule has 0 aromatic carbocycles. The molecule has 0 radical (unpaired) electrons. The Kier molecular flexibility index (Phi) is 2.27. The topological polar surface area (TPSA) is 0 Å². The Morgan fingerprint density at radius 1 is 1.18 bits per heavy atom. The molecule has 2 atom stereocenters. The highest BCUT2D eigenvalue weighted by molar-refractivity contribution is 5.13. The average Bonchev–Trinajstić information content (AvgIpc) is 2.34. The van der Waals surface area contributed by atoms with Gasteiger partial charge in [-0.25, -0.2) is 4.39 Å². The number of rotatable bonds is 0. The third-order valence-electron chi connectivity index (χ3n) is 3.14. The first-order valence-electron chi connectivity index (χ1n) is 4.81. The molecule has 0 amide bonds. The molecule has 0 aliphatic heterocycles. The van der Waals surface area contributed by atoms with E-state index >= 15 is 0 Å². The van der Waals surface area contributed by atoms with Gasteiger partial charge in [0.25, 0.3) is 0 Å². The maximum absolute atomic E-state index is 13.1. The van der Waals surface area contributed by atoms with Gasteiger partial charge in [-0.3, -0.25) is 0 Å². The minimum atomic E-state index is -0.757. The van der Waals surface area contributed by atoms with Gasteiger partial charge in [-0.15, -0.1) is 0 Å². The summed E-state index contributed by atoms with van der Waals surface area (Å²) in [7, 11) is 0. The van der Waals surface area contributed by atoms with Crippen LogP contribution in [0, 0.1) is 17.8 Å². The predicted molar refractivity (Wildman–Crippen MR) is 46.2 cm³/mol. The first kappa shape index (κ1) is 9.02. The summed E-state index contributed by atoms with van der Waals surface area (Å²) in [6, 6.07) is 0. The molecule has 2 rings (SSSR count). The molecule has 0 bridgehead atoms. The van der Waals surface area contributed by atoms with Gasteiger partial charge in [0.1, 0.15) is 5.67 Å². The van der Waals surface area contributed by atoms with E-state index in [0.29, 0.717) is 11.8 Å². The molecule has 0 saturated heterocycles. The van der Waals surface area contributed by atoms with Crippen LogP contribution in [0.2, 0.25) is 0 Å². The maximum Gasteiger partial charge on any atom is 0.114 e. The van der Waals surface area contributed by atoms with Crippen molar-refractivity contribution in [1.29, 1.82) is 0 Å². The van der Waals surface area contributed by atoms with E-state index in [1.807, 2.05) is 13.8 Å². The van der Waals surface area contributed by atoms with Crippen molar-refractivity contribution in [3.05, 3.63) is 0 Å². The van der Waals surface area contributed by atoms with Crippen LogP contribution in [0.1, 0.15) is 40.5 Å². The molecule has 1 heteroatoms. The van der Waals surface area contributed by atoms with Crippen molar-refractivity contribution in [3.63, 3.8) is 0 Å². The number of alkyl halides is 1. The van der Waals surface area contributed by atoms with Crippen LogP contribution in [0.25, 0.3) is 0 Å². The fourth-order valence-electron chi connectivity index (χ4n) is 2.41. The van der Waals surface area contributed by atoms with E-state index < -0.39 is 5.67 Å². The normalized spacial score (nSPS) is 52.6. The number of fused-ring (bicyclic) bond motifs is 1. The lowest BCUT2D eigenvalue weighted by molar-refractivity contribution is 0.249. The van der Waals surface area contributed by atoms with Crippen LogP contribution in [0.5, 0.6) is 0 Å². The van der Waals surface area contributed by atoms with Crippen molar-refractivity contribution in [2.24, 2.45) is 17.8 Å². The highest BCUT2D eigenvalue weighted by Gasteiger charge is 2.65. The van der Waals surface area contributed by atoms with E-state index in [-0.39, 0.29) is 0 Å². The van der Waals surface area contributed by atoms with Crippen molar-refractivity contribution >= 4 is 0 Å². The second-order valence-corrected chi connectivity index (χ2v) is 3.94. The zero-order valence-electron chi connectivity index (χ0n) is 8.02. The highest BCUT2D eigenvalue weighted by atomic mass is 19.1. The SMILES string of the molecule is CC.CC1CC2C(C1)C2(C)F. The Bertz CT molecular complexity index is 126. The van der Waals surface area contributed by atoms with Crippen molar-refractivity contribution in [3.8, 4) is 0 Å². The predicted octanol–water partition coefficient (Wildman–Crippen LogP) is 3.42. The van der Waals surface area contributed by atoms with Crippen molar-refractivity contribution in [1.82, 2.24) is 0 Å². The summed E-state index contributed by atoms with van der Waals surface area (Å²) in [5.74, 6) is 1.67. The van der Waals surface area contributed by atoms with Crippen LogP contribution in [0.3, 0.4) is 0 Å². The van der Waals surface area contributed by atoms with Crippen LogP contribution in [0.4, 0.5) is 4.39 Å². The zero-order valence-corrected chi connectivity index (χ0v) is 8.02. The summed E-state index contributed by atoms with van der Waals surface area (Å²) in [5, 5.41) is 0. The van der Waals surface area contributed by atoms with Crippen LogP contribution in [0.15, 0.2) is 0 Å². The Labute approximate surface area is 69.2 Å². The van der Waals surface area contributed by atoms with Gasteiger partial charge < -0.3 is 0 Å². The Hall–Kier alpha value is -0.0700. The Balaban J connectivity index is 0.000000281. The Morgan fingerprint density at radius 3 is 1.82 bits per heavy atom. The lowest BCUT2D eigenvalue weighted by Gasteiger charge is -2.08. The molecular weight excluding hydrogens is 139 g/mol. The van der Waals surface area contributed by atoms with E-state index in [4.69, 9.17) is 0 Å². The van der Waals surface area contributed by atoms with Gasteiger partial charge in [0, 0.05) is 0 Å². The van der Waals surface area contributed by atoms with Crippen molar-refractivity contribution in [2.45, 2.75) is 46.2 Å². The van der Waals surface area contributed by atoms with Crippen molar-refractivity contribution < 1.29 is 4.39 Å². The van der Waals surface area contributed by atoms with E-state index in [0.717, 1.165) is 18.8 Å². The first-order valence-corrected chi connectivity index (χ1v) is 4.81. The summed E-state index contributed by atoms with van der Waals surface area (Å²) >= 11 is 0. The fraction of sp³-hybridized carbons (Fsp3) is 1.00. The summed E-state index contributed by atoms with van der Waals surface area (Å²) in [6.07, 6.45) is 2.27. The summed E-state index contributed by atoms with van der Waals surface area (Å²) in [4.78, 5) is 0. The van der Waals surface area contributed by atoms with Gasteiger partial charge in [0.2, 0.25) is 0 Å². The molecule has 2 saturated carbocycles. The van der Waals surface area contributed by atoms with Gasteiger partial charge in [-0.1, -0.05) is 20.8 Å². The lowest BCUT2D eigenvalue weighted by atomic mass is 10.0. The van der Waals surface area contributed by atoms with E-state index in [1.165, 1.54) is 0 Å². The van der Waals surface area contributed by atoms with Gasteiger partial charge in [-0.2, -0.15) is 0 Å². The zero-order chi connectivity index (χ0) is 8.65. The maximum atomic E-state index is 13.1. The lowest BCUT2D eigenvalue weighted by Crippen LogP contribution is -2.06. The van der Waals surface area contributed by atoms with Crippen LogP contribution in [-0.2, 0) is 0 Å². The van der Waals surface area contributed by atoms with Crippen molar-refractivity contribution in [2.75, 3.05) is 0 Å². The van der Waals surface area contributed by atoms with E-state index in [2.05, 4.69) is 6.92 Å². The molecule has 0 aromatic rings. The van der Waals surface area contributed by atoms with Crippen LogP contribution >= 0.6 is 0 Å². The quantitative estimate of drug-likeness (QED) is 0.506. The standard InChI is InChI=1S/C8H13F.C2H6/c1-5-3-6-7(4-5)8(6,2)9;1-2/h5-7H,3-4H2,1-2H3;1-2H3. The molecule has 0 heterocycles. The summed E-state index contributed by atoms with van der Waals surface area (Å²) in [6.45, 7) is 7.98. The largest absolute Gasteiger partial charge is 0.244 e. The molecule has 2 aliphatic rings. The molecule has 0 aromatic heterocycles. The summed E-state index contributed by atoms with van der Waals surface area (Å²) < 4.78 is 13.1. The second-order valence-electron chi connectivity index (χ2n) is 3.94. The highest BCUT2D eigenvalue weighted by Crippen LogP contribution is 2.64. The molecule has 66 valence electrons. The number of halogens is 1. The molecule has 11 heavy (non-hydrogen) atoms. The molecule has 0 spiro atoms. The van der Waals surface area contributed by atoms with Crippen LogP contribution in [-0.4, -0.2) is 5.67 Å². The minimum absolute atomic E-state index is 0.437. The van der Waals surface area contributed by atoms with Gasteiger partial charge in [0.05, 0.1) is 0 Å². The fourth-order valence-corrected chi connectivity index (χ4v) is 2.41. The van der Waals surface area contributed by atoms with Gasteiger partial charge in [-0.05, 0) is 37.5 Å². The monoisotopic (exact) mass is 158 g/mol. The van der Waals surface area contributed by atoms with Crippen LogP contribution < -0.4 is 0 Å². The molecule has 0 nitrogen and oxygen atoms in total. The molecule has 0 N–H and O–H groups in total. The smallest absolute Gasteiger partial charge is 0.114 e. The second kappa shape index (κ2) is 2.76. The third-order valence-corrected chi connectivity index (χ3v) is 3.14. The summed E-state index contributed by atoms with van der Waals surface area (Å²) in [5.41, 5.74) is -0.757. The molecule has 2 unspecified atom stereocenters. The molecular formula is C10H19F. The number of hydrogen-bond donors (Lipinski definition) is 0. The third kappa shape index (κ3) is 1.30. The van der Waals surface area contributed by atoms with E-state index in [1.54, 1.807) is 6.92 Å². The van der Waals surface area contributed by atoms with Gasteiger partial charge in [0.15, 0.2) is 0 Å². The average molecular weight is 158 g/mol. The number of hydrogen-bond acceptors (Lipinski definition) is 0. The van der Waals surface area contributed by atoms with Gasteiger partial charge >= 0.3 is 0 Å². The van der Waals surface area contributed by atoms with E-state index in [9.17, 15) is 4.39 Å². The first-order chi connectivity index (χ1) is 5.12. The minimum Gasteiger partial charge on any atom is -0.244 e. The molecule has 2 fully saturated rings. The Morgan fingerprint density at radius 2 is 1.55 bits per heavy atom.